The third kappa shape index (κ3) is 3.51. The molecule has 5 heteroatoms. The Bertz CT molecular complexity index is 312. The average Bonchev–Trinajstić information content (AvgIpc) is 2.80. The normalized spacial score (nSPS) is 12.0. The first-order chi connectivity index (χ1) is 8.21. The van der Waals surface area contributed by atoms with Crippen molar-refractivity contribution in [1.29, 1.82) is 0 Å². The summed E-state index contributed by atoms with van der Waals surface area (Å²) >= 11 is 0. The van der Waals surface area contributed by atoms with Crippen LogP contribution in [0.25, 0.3) is 0 Å². The lowest BCUT2D eigenvalue weighted by molar-refractivity contribution is 0.148. The number of aliphatic hydroxyl groups excluding tert-OH is 1. The van der Waals surface area contributed by atoms with Crippen molar-refractivity contribution >= 4 is 0 Å². The van der Waals surface area contributed by atoms with E-state index in [-0.39, 0.29) is 12.1 Å². The van der Waals surface area contributed by atoms with E-state index >= 15 is 0 Å². The maximum absolute atomic E-state index is 9.47. The van der Waals surface area contributed by atoms with Crippen LogP contribution in [-0.2, 0) is 13.1 Å². The molecule has 0 aliphatic heterocycles. The number of aromatic nitrogens is 3. The minimum absolute atomic E-state index is 0.155. The van der Waals surface area contributed by atoms with Crippen LogP contribution in [0.4, 0.5) is 0 Å². The van der Waals surface area contributed by atoms with Crippen LogP contribution in [0.1, 0.15) is 45.9 Å². The maximum Gasteiger partial charge on any atom is 0.140 e. The molecule has 0 unspecified atom stereocenters. The summed E-state index contributed by atoms with van der Waals surface area (Å²) in [5.74, 6) is 0.937. The van der Waals surface area contributed by atoms with E-state index in [9.17, 15) is 5.11 Å². The number of aryl methyl sites for hydroxylation is 1. The molecule has 98 valence electrons. The van der Waals surface area contributed by atoms with E-state index in [2.05, 4.69) is 36.2 Å². The smallest absolute Gasteiger partial charge is 0.140 e. The van der Waals surface area contributed by atoms with Gasteiger partial charge in [-0.25, -0.2) is 9.67 Å². The van der Waals surface area contributed by atoms with Gasteiger partial charge < -0.3 is 10.4 Å². The monoisotopic (exact) mass is 240 g/mol. The molecule has 0 amide bonds. The topological polar surface area (TPSA) is 63.0 Å². The zero-order valence-electron chi connectivity index (χ0n) is 11.1. The Kier molecular flexibility index (Phi) is 5.58. The van der Waals surface area contributed by atoms with E-state index in [0.29, 0.717) is 6.54 Å². The quantitative estimate of drug-likeness (QED) is 0.719. The highest BCUT2D eigenvalue weighted by Crippen LogP contribution is 2.14. The summed E-state index contributed by atoms with van der Waals surface area (Å²) in [5, 5.41) is 17.1. The SMILES string of the molecule is CCCn1ncnc1CNC(CC)(CC)CO. The predicted molar refractivity (Wildman–Crippen MR) is 67.6 cm³/mol. The van der Waals surface area contributed by atoms with Gasteiger partial charge in [0.25, 0.3) is 0 Å². The molecule has 0 bridgehead atoms. The third-order valence-corrected chi connectivity index (χ3v) is 3.41. The molecule has 1 heterocycles. The minimum Gasteiger partial charge on any atom is -0.394 e. The fourth-order valence-corrected chi connectivity index (χ4v) is 1.87. The lowest BCUT2D eigenvalue weighted by atomic mass is 9.94. The predicted octanol–water partition coefficient (Wildman–Crippen LogP) is 1.33. The third-order valence-electron chi connectivity index (χ3n) is 3.41. The molecule has 0 saturated carbocycles. The highest BCUT2D eigenvalue weighted by molar-refractivity contribution is 4.90. The molecule has 1 aromatic rings. The molecular formula is C12H24N4O. The second-order valence-electron chi connectivity index (χ2n) is 4.40. The molecule has 1 rings (SSSR count). The lowest BCUT2D eigenvalue weighted by Gasteiger charge is -2.30. The van der Waals surface area contributed by atoms with Crippen molar-refractivity contribution in [3.8, 4) is 0 Å². The van der Waals surface area contributed by atoms with Gasteiger partial charge in [0, 0.05) is 12.1 Å². The van der Waals surface area contributed by atoms with Crippen molar-refractivity contribution in [3.05, 3.63) is 12.2 Å². The number of hydrogen-bond donors (Lipinski definition) is 2. The molecule has 5 nitrogen and oxygen atoms in total. The molecule has 0 saturated heterocycles. The first kappa shape index (κ1) is 14.1. The highest BCUT2D eigenvalue weighted by Gasteiger charge is 2.24. The first-order valence-corrected chi connectivity index (χ1v) is 6.44. The van der Waals surface area contributed by atoms with E-state index in [0.717, 1.165) is 31.6 Å². The van der Waals surface area contributed by atoms with Crippen molar-refractivity contribution in [2.24, 2.45) is 0 Å². The standard InChI is InChI=1S/C12H24N4O/c1-4-7-16-11(13-10-15-16)8-14-12(5-2,6-3)9-17/h10,14,17H,4-9H2,1-3H3. The van der Waals surface area contributed by atoms with Gasteiger partial charge in [0.1, 0.15) is 12.2 Å². The molecule has 0 fully saturated rings. The molecule has 0 aromatic carbocycles. The minimum atomic E-state index is -0.191. The van der Waals surface area contributed by atoms with Gasteiger partial charge in [-0.2, -0.15) is 5.10 Å². The van der Waals surface area contributed by atoms with Gasteiger partial charge in [0.05, 0.1) is 13.2 Å². The summed E-state index contributed by atoms with van der Waals surface area (Å²) in [6.45, 7) is 7.99. The average molecular weight is 240 g/mol. The maximum atomic E-state index is 9.47. The van der Waals surface area contributed by atoms with Crippen molar-refractivity contribution in [3.63, 3.8) is 0 Å². The second-order valence-corrected chi connectivity index (χ2v) is 4.40. The van der Waals surface area contributed by atoms with Crippen LogP contribution in [0.3, 0.4) is 0 Å². The Hall–Kier alpha value is -0.940. The Morgan fingerprint density at radius 2 is 2.06 bits per heavy atom. The summed E-state index contributed by atoms with van der Waals surface area (Å²) < 4.78 is 1.92. The van der Waals surface area contributed by atoms with Gasteiger partial charge in [-0.3, -0.25) is 0 Å². The Morgan fingerprint density at radius 1 is 1.35 bits per heavy atom. The Morgan fingerprint density at radius 3 is 2.59 bits per heavy atom. The van der Waals surface area contributed by atoms with Crippen molar-refractivity contribution < 1.29 is 5.11 Å². The van der Waals surface area contributed by atoms with Gasteiger partial charge in [-0.1, -0.05) is 20.8 Å². The molecule has 2 N–H and O–H groups in total. The molecule has 0 aliphatic rings. The summed E-state index contributed by atoms with van der Waals surface area (Å²) in [4.78, 5) is 4.25. The Balaban J connectivity index is 2.62. The largest absolute Gasteiger partial charge is 0.394 e. The molecular weight excluding hydrogens is 216 g/mol. The number of nitrogens with one attached hydrogen (secondary N) is 1. The van der Waals surface area contributed by atoms with Crippen LogP contribution in [-0.4, -0.2) is 32.0 Å². The summed E-state index contributed by atoms with van der Waals surface area (Å²) in [6, 6.07) is 0. The second kappa shape index (κ2) is 6.71. The number of rotatable bonds is 8. The van der Waals surface area contributed by atoms with E-state index in [1.165, 1.54) is 0 Å². The van der Waals surface area contributed by atoms with Gasteiger partial charge in [-0.05, 0) is 19.3 Å². The van der Waals surface area contributed by atoms with Crippen molar-refractivity contribution in [2.45, 2.75) is 58.7 Å². The van der Waals surface area contributed by atoms with E-state index in [1.54, 1.807) is 6.33 Å². The van der Waals surface area contributed by atoms with Crippen molar-refractivity contribution in [2.75, 3.05) is 6.61 Å². The molecule has 1 aromatic heterocycles. The van der Waals surface area contributed by atoms with Gasteiger partial charge >= 0.3 is 0 Å². The highest BCUT2D eigenvalue weighted by atomic mass is 16.3. The van der Waals surface area contributed by atoms with Gasteiger partial charge in [0.15, 0.2) is 0 Å². The van der Waals surface area contributed by atoms with Crippen molar-refractivity contribution in [1.82, 2.24) is 20.1 Å². The summed E-state index contributed by atoms with van der Waals surface area (Å²) in [6.07, 6.45) is 4.44. The molecule has 0 radical (unpaired) electrons. The number of hydrogen-bond acceptors (Lipinski definition) is 4. The van der Waals surface area contributed by atoms with Gasteiger partial charge in [0.2, 0.25) is 0 Å². The first-order valence-electron chi connectivity index (χ1n) is 6.44. The van der Waals surface area contributed by atoms with E-state index in [4.69, 9.17) is 0 Å². The number of aliphatic hydroxyl groups is 1. The fourth-order valence-electron chi connectivity index (χ4n) is 1.87. The van der Waals surface area contributed by atoms with E-state index in [1.807, 2.05) is 4.68 Å². The number of nitrogens with zero attached hydrogens (tertiary/aromatic N) is 3. The van der Waals surface area contributed by atoms with Crippen LogP contribution in [0, 0.1) is 0 Å². The molecule has 0 aliphatic carbocycles. The van der Waals surface area contributed by atoms with Crippen LogP contribution in [0.2, 0.25) is 0 Å². The Labute approximate surface area is 103 Å². The van der Waals surface area contributed by atoms with Gasteiger partial charge in [-0.15, -0.1) is 0 Å². The zero-order chi connectivity index (χ0) is 12.7. The fraction of sp³-hybridized carbons (Fsp3) is 0.833. The van der Waals surface area contributed by atoms with E-state index < -0.39 is 0 Å². The van der Waals surface area contributed by atoms with Crippen LogP contribution in [0.5, 0.6) is 0 Å². The zero-order valence-corrected chi connectivity index (χ0v) is 11.1. The molecule has 0 spiro atoms. The summed E-state index contributed by atoms with van der Waals surface area (Å²) in [5.41, 5.74) is -0.191. The molecule has 17 heavy (non-hydrogen) atoms. The molecule has 0 atom stereocenters. The van der Waals surface area contributed by atoms with Crippen LogP contribution < -0.4 is 5.32 Å². The van der Waals surface area contributed by atoms with Crippen LogP contribution in [0.15, 0.2) is 6.33 Å². The lowest BCUT2D eigenvalue weighted by Crippen LogP contribution is -2.47. The summed E-state index contributed by atoms with van der Waals surface area (Å²) in [7, 11) is 0. The van der Waals surface area contributed by atoms with Crippen LogP contribution >= 0.6 is 0 Å².